The van der Waals surface area contributed by atoms with Gasteiger partial charge in [0.15, 0.2) is 0 Å². The Morgan fingerprint density at radius 1 is 1.37 bits per heavy atom. The molecule has 3 heterocycles. The smallest absolute Gasteiger partial charge is 0.243 e. The average molecular weight is 258 g/mol. The van der Waals surface area contributed by atoms with Gasteiger partial charge in [0.25, 0.3) is 0 Å². The van der Waals surface area contributed by atoms with E-state index in [9.17, 15) is 4.79 Å². The molecular weight excluding hydrogens is 244 g/mol. The normalized spacial score (nSPS) is 18.7. The molecule has 0 saturated heterocycles. The number of nitrogens with zero attached hydrogens (tertiary/aromatic N) is 2. The fourth-order valence-electron chi connectivity index (χ4n) is 2.20. The van der Waals surface area contributed by atoms with Crippen LogP contribution in [0, 0.1) is 0 Å². The third kappa shape index (κ3) is 2.07. The first-order chi connectivity index (χ1) is 9.29. The molecule has 0 spiro atoms. The number of hydrogen-bond donors (Lipinski definition) is 0. The molecule has 98 valence electrons. The van der Waals surface area contributed by atoms with Crippen LogP contribution in [0.25, 0.3) is 0 Å². The summed E-state index contributed by atoms with van der Waals surface area (Å²) in [6.07, 6.45) is 4.22. The van der Waals surface area contributed by atoms with E-state index in [2.05, 4.69) is 5.10 Å². The predicted octanol–water partition coefficient (Wildman–Crippen LogP) is 2.96. The van der Waals surface area contributed by atoms with Gasteiger partial charge in [0, 0.05) is 12.8 Å². The van der Waals surface area contributed by atoms with Crippen LogP contribution in [0.3, 0.4) is 0 Å². The Morgan fingerprint density at radius 2 is 2.16 bits per heavy atom. The molecule has 0 N–H and O–H groups in total. The molecule has 0 aromatic carbocycles. The summed E-state index contributed by atoms with van der Waals surface area (Å²) in [6.45, 7) is 1.82. The van der Waals surface area contributed by atoms with Crippen molar-refractivity contribution >= 4 is 11.6 Å². The summed E-state index contributed by atoms with van der Waals surface area (Å²) in [5, 5.41) is 5.88. The molecule has 1 aliphatic rings. The summed E-state index contributed by atoms with van der Waals surface area (Å²) < 4.78 is 10.8. The second-order valence-electron chi connectivity index (χ2n) is 4.35. The van der Waals surface area contributed by atoms with Gasteiger partial charge >= 0.3 is 0 Å². The van der Waals surface area contributed by atoms with Gasteiger partial charge in [-0.05, 0) is 24.3 Å². The first-order valence-electron chi connectivity index (χ1n) is 6.26. The number of hydrazone groups is 1. The number of carbonyl (C=O) groups is 1. The summed E-state index contributed by atoms with van der Waals surface area (Å²) in [5.41, 5.74) is 0.771. The van der Waals surface area contributed by atoms with Crippen molar-refractivity contribution in [2.45, 2.75) is 25.8 Å². The summed E-state index contributed by atoms with van der Waals surface area (Å²) in [5.74, 6) is 1.41. The van der Waals surface area contributed by atoms with E-state index in [1.54, 1.807) is 12.5 Å². The maximum Gasteiger partial charge on any atom is 0.243 e. The number of hydrogen-bond acceptors (Lipinski definition) is 4. The van der Waals surface area contributed by atoms with Crippen molar-refractivity contribution in [3.8, 4) is 0 Å². The van der Waals surface area contributed by atoms with E-state index in [-0.39, 0.29) is 11.9 Å². The van der Waals surface area contributed by atoms with Crippen molar-refractivity contribution in [2.24, 2.45) is 5.10 Å². The van der Waals surface area contributed by atoms with Crippen LogP contribution in [-0.4, -0.2) is 16.6 Å². The molecule has 1 atom stereocenters. The van der Waals surface area contributed by atoms with E-state index in [0.717, 1.165) is 11.5 Å². The average Bonchev–Trinajstić information content (AvgIpc) is 3.14. The second kappa shape index (κ2) is 4.76. The monoisotopic (exact) mass is 258 g/mol. The molecular formula is C14H14N2O3. The quantitative estimate of drug-likeness (QED) is 0.850. The van der Waals surface area contributed by atoms with E-state index < -0.39 is 0 Å². The topological polar surface area (TPSA) is 59.0 Å². The molecule has 5 nitrogen and oxygen atoms in total. The molecule has 0 bridgehead atoms. The number of carbonyl (C=O) groups excluding carboxylic acids is 1. The summed E-state index contributed by atoms with van der Waals surface area (Å²) >= 11 is 0. The molecule has 0 saturated carbocycles. The highest BCUT2D eigenvalue weighted by molar-refractivity contribution is 6.01. The lowest BCUT2D eigenvalue weighted by atomic mass is 10.1. The van der Waals surface area contributed by atoms with Gasteiger partial charge in [0.2, 0.25) is 5.91 Å². The Hall–Kier alpha value is -2.30. The SMILES string of the molecule is CCC(=O)N1N=C(c2ccco2)CC1c1ccco1. The van der Waals surface area contributed by atoms with Crippen LogP contribution >= 0.6 is 0 Å². The van der Waals surface area contributed by atoms with Crippen LogP contribution in [0.1, 0.15) is 37.3 Å². The summed E-state index contributed by atoms with van der Waals surface area (Å²) in [6, 6.07) is 7.15. The van der Waals surface area contributed by atoms with E-state index >= 15 is 0 Å². The van der Waals surface area contributed by atoms with Gasteiger partial charge < -0.3 is 8.83 Å². The van der Waals surface area contributed by atoms with Crippen molar-refractivity contribution in [2.75, 3.05) is 0 Å². The van der Waals surface area contributed by atoms with Gasteiger partial charge in [-0.25, -0.2) is 5.01 Å². The summed E-state index contributed by atoms with van der Waals surface area (Å²) in [4.78, 5) is 12.0. The van der Waals surface area contributed by atoms with Crippen LogP contribution in [0.2, 0.25) is 0 Å². The van der Waals surface area contributed by atoms with Gasteiger partial charge in [-0.1, -0.05) is 6.92 Å². The Labute approximate surface area is 110 Å². The van der Waals surface area contributed by atoms with Crippen molar-refractivity contribution in [3.63, 3.8) is 0 Å². The highest BCUT2D eigenvalue weighted by Gasteiger charge is 2.34. The number of amides is 1. The van der Waals surface area contributed by atoms with E-state index in [0.29, 0.717) is 18.6 Å². The molecule has 2 aromatic heterocycles. The van der Waals surface area contributed by atoms with Gasteiger partial charge in [0.1, 0.15) is 23.3 Å². The minimum atomic E-state index is -0.178. The molecule has 19 heavy (non-hydrogen) atoms. The number of rotatable bonds is 3. The minimum absolute atomic E-state index is 0.0250. The molecule has 3 rings (SSSR count). The third-order valence-corrected chi connectivity index (χ3v) is 3.15. The minimum Gasteiger partial charge on any atom is -0.467 e. The molecule has 1 amide bonds. The maximum atomic E-state index is 12.0. The molecule has 1 unspecified atom stereocenters. The van der Waals surface area contributed by atoms with Crippen molar-refractivity contribution in [1.29, 1.82) is 0 Å². The lowest BCUT2D eigenvalue weighted by Crippen LogP contribution is -2.25. The Morgan fingerprint density at radius 3 is 2.79 bits per heavy atom. The zero-order chi connectivity index (χ0) is 13.2. The maximum absolute atomic E-state index is 12.0. The van der Waals surface area contributed by atoms with Gasteiger partial charge in [-0.2, -0.15) is 5.10 Å². The highest BCUT2D eigenvalue weighted by Crippen LogP contribution is 2.33. The predicted molar refractivity (Wildman–Crippen MR) is 68.4 cm³/mol. The van der Waals surface area contributed by atoms with Crippen molar-refractivity contribution in [1.82, 2.24) is 5.01 Å². The first kappa shape index (κ1) is 11.8. The molecule has 5 heteroatoms. The van der Waals surface area contributed by atoms with Crippen LogP contribution in [0.4, 0.5) is 0 Å². The van der Waals surface area contributed by atoms with E-state index in [1.165, 1.54) is 5.01 Å². The fourth-order valence-corrected chi connectivity index (χ4v) is 2.20. The van der Waals surface area contributed by atoms with E-state index in [4.69, 9.17) is 8.83 Å². The number of furan rings is 2. The third-order valence-electron chi connectivity index (χ3n) is 3.15. The van der Waals surface area contributed by atoms with Gasteiger partial charge in [0.05, 0.1) is 12.5 Å². The Balaban J connectivity index is 1.93. The van der Waals surface area contributed by atoms with E-state index in [1.807, 2.05) is 31.2 Å². The molecule has 2 aromatic rings. The Bertz CT molecular complexity index is 584. The zero-order valence-electron chi connectivity index (χ0n) is 10.6. The summed E-state index contributed by atoms with van der Waals surface area (Å²) in [7, 11) is 0. The fraction of sp³-hybridized carbons (Fsp3) is 0.286. The standard InChI is InChI=1S/C14H14N2O3/c1-2-14(17)16-11(13-6-4-8-19-13)9-10(15-16)12-5-3-7-18-12/h3-8,11H,2,9H2,1H3. The largest absolute Gasteiger partial charge is 0.467 e. The molecule has 1 aliphatic heterocycles. The van der Waals surface area contributed by atoms with Gasteiger partial charge in [-0.3, -0.25) is 4.79 Å². The molecule has 0 aliphatic carbocycles. The van der Waals surface area contributed by atoms with Crippen molar-refractivity contribution in [3.05, 3.63) is 48.3 Å². The highest BCUT2D eigenvalue weighted by atomic mass is 16.3. The zero-order valence-corrected chi connectivity index (χ0v) is 10.6. The molecule has 0 radical (unpaired) electrons. The van der Waals surface area contributed by atoms with Crippen LogP contribution in [-0.2, 0) is 4.79 Å². The van der Waals surface area contributed by atoms with Crippen molar-refractivity contribution < 1.29 is 13.6 Å². The van der Waals surface area contributed by atoms with Crippen LogP contribution < -0.4 is 0 Å². The molecule has 0 fully saturated rings. The van der Waals surface area contributed by atoms with Crippen LogP contribution in [0.5, 0.6) is 0 Å². The lowest BCUT2D eigenvalue weighted by molar-refractivity contribution is -0.133. The Kier molecular flexibility index (Phi) is 2.95. The first-order valence-corrected chi connectivity index (χ1v) is 6.26. The van der Waals surface area contributed by atoms with Gasteiger partial charge in [-0.15, -0.1) is 0 Å². The lowest BCUT2D eigenvalue weighted by Gasteiger charge is -2.18. The second-order valence-corrected chi connectivity index (χ2v) is 4.35. The van der Waals surface area contributed by atoms with Crippen LogP contribution in [0.15, 0.2) is 50.7 Å².